The van der Waals surface area contributed by atoms with Crippen molar-refractivity contribution in [2.75, 3.05) is 27.0 Å². The fraction of sp³-hybridized carbons (Fsp3) is 0.276. The van der Waals surface area contributed by atoms with Crippen LogP contribution in [0, 0.1) is 6.92 Å². The Morgan fingerprint density at radius 1 is 1.09 bits per heavy atom. The lowest BCUT2D eigenvalue weighted by atomic mass is 10.0. The summed E-state index contributed by atoms with van der Waals surface area (Å²) < 4.78 is 2.10. The van der Waals surface area contributed by atoms with Crippen LogP contribution in [0.4, 0.5) is 0 Å². The van der Waals surface area contributed by atoms with Crippen molar-refractivity contribution in [1.82, 2.24) is 15.2 Å². The number of aliphatic hydroxyl groups is 1. The summed E-state index contributed by atoms with van der Waals surface area (Å²) in [7, 11) is 3.75. The second kappa shape index (κ2) is 16.5. The smallest absolute Gasteiger partial charge is 0.150 e. The molecule has 0 aliphatic carbocycles. The molecule has 3 aromatic rings. The highest BCUT2D eigenvalue weighted by Gasteiger charge is 2.24. The van der Waals surface area contributed by atoms with Crippen LogP contribution >= 0.6 is 11.6 Å². The number of aryl methyl sites for hydroxylation is 1. The first-order valence-electron chi connectivity index (χ1n) is 11.4. The number of allylic oxidation sites excluding steroid dienone is 1. The van der Waals surface area contributed by atoms with Gasteiger partial charge in [-0.25, -0.2) is 0 Å². The quantitative estimate of drug-likeness (QED) is 0.269. The highest BCUT2D eigenvalue weighted by atomic mass is 35.5. The predicted octanol–water partition coefficient (Wildman–Crippen LogP) is 5.54. The van der Waals surface area contributed by atoms with Crippen LogP contribution in [-0.4, -0.2) is 49.1 Å². The molecule has 0 radical (unpaired) electrons. The van der Waals surface area contributed by atoms with E-state index in [0.717, 1.165) is 34.4 Å². The first-order chi connectivity index (χ1) is 16.9. The Morgan fingerprint density at radius 3 is 2.23 bits per heavy atom. The van der Waals surface area contributed by atoms with Crippen molar-refractivity contribution < 1.29 is 9.90 Å². The van der Waals surface area contributed by atoms with Gasteiger partial charge in [0.1, 0.15) is 6.29 Å². The molecule has 0 aliphatic heterocycles. The van der Waals surface area contributed by atoms with Gasteiger partial charge in [0.2, 0.25) is 0 Å². The number of aliphatic hydroxyl groups excluding tert-OH is 1. The maximum absolute atomic E-state index is 10.7. The molecule has 0 saturated heterocycles. The minimum atomic E-state index is -0.550. The molecule has 2 atom stereocenters. The lowest BCUT2D eigenvalue weighted by Crippen LogP contribution is -2.33. The van der Waals surface area contributed by atoms with Crippen molar-refractivity contribution in [2.24, 2.45) is 0 Å². The highest BCUT2D eigenvalue weighted by Crippen LogP contribution is 2.28. The van der Waals surface area contributed by atoms with E-state index in [2.05, 4.69) is 45.5 Å². The number of likely N-dealkylation sites (N-methyl/N-ethyl adjacent to an activating group) is 1. The Hall–Kier alpha value is -3.12. The molecule has 2 aromatic carbocycles. The predicted molar refractivity (Wildman–Crippen MR) is 150 cm³/mol. The molecule has 1 heterocycles. The van der Waals surface area contributed by atoms with E-state index in [1.54, 1.807) is 0 Å². The molecular weight excluding hydrogens is 458 g/mol. The summed E-state index contributed by atoms with van der Waals surface area (Å²) in [5.41, 5.74) is 6.13. The van der Waals surface area contributed by atoms with Crippen LogP contribution < -0.4 is 10.6 Å². The maximum atomic E-state index is 10.7. The van der Waals surface area contributed by atoms with Gasteiger partial charge in [0.25, 0.3) is 0 Å². The molecule has 0 spiro atoms. The topological polar surface area (TPSA) is 66.3 Å². The summed E-state index contributed by atoms with van der Waals surface area (Å²) in [5, 5.41) is 16.9. The van der Waals surface area contributed by atoms with Gasteiger partial charge >= 0.3 is 0 Å². The van der Waals surface area contributed by atoms with E-state index in [9.17, 15) is 9.90 Å². The van der Waals surface area contributed by atoms with Crippen LogP contribution in [0.3, 0.4) is 0 Å². The first-order valence-corrected chi connectivity index (χ1v) is 12.2. The summed E-state index contributed by atoms with van der Waals surface area (Å²) >= 11 is 4.64. The van der Waals surface area contributed by atoms with Gasteiger partial charge in [0, 0.05) is 48.7 Å². The number of halogens is 1. The van der Waals surface area contributed by atoms with E-state index in [1.807, 2.05) is 94.8 Å². The van der Waals surface area contributed by atoms with E-state index in [4.69, 9.17) is 0 Å². The summed E-state index contributed by atoms with van der Waals surface area (Å²) in [6.07, 6.45) is 7.71. The van der Waals surface area contributed by atoms with E-state index in [-0.39, 0.29) is 6.04 Å². The van der Waals surface area contributed by atoms with Crippen molar-refractivity contribution in [1.29, 1.82) is 0 Å². The number of hydrogen-bond donors (Lipinski definition) is 3. The number of aldehydes is 1. The second-order valence-corrected chi connectivity index (χ2v) is 7.85. The van der Waals surface area contributed by atoms with Crippen molar-refractivity contribution >= 4 is 30.0 Å². The summed E-state index contributed by atoms with van der Waals surface area (Å²) in [6.45, 7) is 8.50. The molecule has 0 saturated carbocycles. The van der Waals surface area contributed by atoms with Gasteiger partial charge in [-0.05, 0) is 44.7 Å². The Bertz CT molecular complexity index is 1040. The Balaban J connectivity index is 0.000000464. The summed E-state index contributed by atoms with van der Waals surface area (Å²) in [4.78, 5) is 10.1. The number of carbonyl (C=O) groups is 1. The van der Waals surface area contributed by atoms with Crippen LogP contribution in [0.1, 0.15) is 45.7 Å². The number of carbonyl (C=O) groups excluding carboxylic acids is 1. The zero-order valence-electron chi connectivity index (χ0n) is 21.3. The number of alkyl halides is 1. The number of rotatable bonds is 9. The number of aromatic nitrogens is 1. The minimum Gasteiger partial charge on any atom is -0.392 e. The summed E-state index contributed by atoms with van der Waals surface area (Å²) in [6, 6.07) is 19.4. The van der Waals surface area contributed by atoms with Crippen LogP contribution in [0.25, 0.3) is 12.2 Å². The molecule has 1 aromatic heterocycles. The van der Waals surface area contributed by atoms with Crippen LogP contribution in [0.15, 0.2) is 79.1 Å². The SMILES string of the molecule is C=Cc1c(/C=C(\C)NC)ccn1C(c1ccccc1)C(O)CNC.CCl.Cc1ccc(C=O)cc1. The minimum absolute atomic E-state index is 0.177. The number of nitrogens with one attached hydrogen (secondary N) is 2. The molecule has 188 valence electrons. The van der Waals surface area contributed by atoms with Crippen molar-refractivity contribution in [3.63, 3.8) is 0 Å². The van der Waals surface area contributed by atoms with Gasteiger partial charge in [0.05, 0.1) is 12.1 Å². The summed E-state index contributed by atoms with van der Waals surface area (Å²) in [5.74, 6) is 0. The van der Waals surface area contributed by atoms with Crippen molar-refractivity contribution in [2.45, 2.75) is 26.0 Å². The number of benzene rings is 2. The van der Waals surface area contributed by atoms with Gasteiger partial charge in [-0.3, -0.25) is 4.79 Å². The number of hydrogen-bond acceptors (Lipinski definition) is 4. The van der Waals surface area contributed by atoms with Gasteiger partial charge in [-0.2, -0.15) is 0 Å². The Kier molecular flexibility index (Phi) is 14.1. The van der Waals surface area contributed by atoms with E-state index in [0.29, 0.717) is 6.54 Å². The van der Waals surface area contributed by atoms with Crippen molar-refractivity contribution in [3.8, 4) is 0 Å². The fourth-order valence-corrected chi connectivity index (χ4v) is 3.55. The highest BCUT2D eigenvalue weighted by molar-refractivity contribution is 6.15. The molecule has 0 fully saturated rings. The molecule has 2 unspecified atom stereocenters. The maximum Gasteiger partial charge on any atom is 0.150 e. The van der Waals surface area contributed by atoms with Gasteiger partial charge in [-0.15, -0.1) is 11.6 Å². The molecular formula is C29H38ClN3O2. The second-order valence-electron chi connectivity index (χ2n) is 7.85. The Morgan fingerprint density at radius 2 is 1.71 bits per heavy atom. The third kappa shape index (κ3) is 9.21. The molecule has 3 rings (SSSR count). The standard InChI is InChI=1S/C20H27N3O.C8H8O.CH3Cl/c1-5-18-17(13-15(2)22-4)11-12-23(18)20(19(24)14-21-3)16-9-7-6-8-10-16;1-7-2-4-8(6-9)5-3-7;1-2/h5-13,19-22,24H,1,14H2,2-4H3;2-6H,1H3;1H3/b15-13+;;. The molecule has 3 N–H and O–H groups in total. The molecule has 0 bridgehead atoms. The monoisotopic (exact) mass is 495 g/mol. The molecule has 35 heavy (non-hydrogen) atoms. The van der Waals surface area contributed by atoms with Crippen LogP contribution in [0.2, 0.25) is 0 Å². The average molecular weight is 496 g/mol. The molecule has 0 aliphatic rings. The molecule has 5 nitrogen and oxygen atoms in total. The lowest BCUT2D eigenvalue weighted by Gasteiger charge is -2.27. The average Bonchev–Trinajstić information content (AvgIpc) is 3.28. The largest absolute Gasteiger partial charge is 0.392 e. The first kappa shape index (κ1) is 29.9. The zero-order valence-corrected chi connectivity index (χ0v) is 22.1. The van der Waals surface area contributed by atoms with Crippen LogP contribution in [-0.2, 0) is 0 Å². The normalized spacial score (nSPS) is 12.3. The van der Waals surface area contributed by atoms with Gasteiger partial charge in [0.15, 0.2) is 0 Å². The fourth-order valence-electron chi connectivity index (χ4n) is 3.55. The molecule has 6 heteroatoms. The number of nitrogens with zero attached hydrogens (tertiary/aromatic N) is 1. The van der Waals surface area contributed by atoms with Crippen molar-refractivity contribution in [3.05, 3.63) is 107 Å². The van der Waals surface area contributed by atoms with Crippen LogP contribution in [0.5, 0.6) is 0 Å². The Labute approximate surface area is 215 Å². The van der Waals surface area contributed by atoms with E-state index >= 15 is 0 Å². The molecule has 0 amide bonds. The van der Waals surface area contributed by atoms with Gasteiger partial charge in [-0.1, -0.05) is 66.7 Å². The van der Waals surface area contributed by atoms with Gasteiger partial charge < -0.3 is 20.3 Å². The van der Waals surface area contributed by atoms with E-state index in [1.165, 1.54) is 11.9 Å². The third-order valence-corrected chi connectivity index (χ3v) is 5.38. The zero-order chi connectivity index (χ0) is 26.2. The third-order valence-electron chi connectivity index (χ3n) is 5.38. The van der Waals surface area contributed by atoms with E-state index < -0.39 is 6.10 Å². The lowest BCUT2D eigenvalue weighted by molar-refractivity contribution is 0.112.